The summed E-state index contributed by atoms with van der Waals surface area (Å²) in [5.41, 5.74) is 0.379. The molecule has 1 atom stereocenters. The first-order valence-electron chi connectivity index (χ1n) is 6.78. The zero-order chi connectivity index (χ0) is 13.9. The minimum atomic E-state index is -0.567. The molecule has 0 spiro atoms. The highest BCUT2D eigenvalue weighted by molar-refractivity contribution is 6.30. The lowest BCUT2D eigenvalue weighted by atomic mass is 9.83. The third-order valence-corrected chi connectivity index (χ3v) is 3.98. The first-order valence-corrected chi connectivity index (χ1v) is 7.15. The van der Waals surface area contributed by atoms with Gasteiger partial charge in [0.2, 0.25) is 5.91 Å². The van der Waals surface area contributed by atoms with Gasteiger partial charge in [0.15, 0.2) is 0 Å². The molecular weight excluding hydrogens is 295 g/mol. The van der Waals surface area contributed by atoms with Gasteiger partial charge >= 0.3 is 0 Å². The Bertz CT molecular complexity index is 457. The Morgan fingerprint density at radius 2 is 2.20 bits per heavy atom. The molecular formula is C15H22Cl2N2O. The van der Waals surface area contributed by atoms with Gasteiger partial charge in [0.25, 0.3) is 0 Å². The van der Waals surface area contributed by atoms with Crippen molar-refractivity contribution in [3.8, 4) is 0 Å². The highest BCUT2D eigenvalue weighted by Gasteiger charge is 2.31. The molecule has 1 aliphatic heterocycles. The van der Waals surface area contributed by atoms with E-state index in [1.807, 2.05) is 38.1 Å². The Labute approximate surface area is 131 Å². The third kappa shape index (κ3) is 4.11. The lowest BCUT2D eigenvalue weighted by Crippen LogP contribution is -2.50. The molecule has 1 aromatic carbocycles. The van der Waals surface area contributed by atoms with Gasteiger partial charge < -0.3 is 10.6 Å². The Morgan fingerprint density at radius 3 is 2.80 bits per heavy atom. The van der Waals surface area contributed by atoms with E-state index in [-0.39, 0.29) is 24.4 Å². The molecule has 0 aromatic heterocycles. The van der Waals surface area contributed by atoms with Crippen LogP contribution in [0.25, 0.3) is 0 Å². The number of nitrogens with one attached hydrogen (secondary N) is 2. The minimum absolute atomic E-state index is 0. The fourth-order valence-corrected chi connectivity index (χ4v) is 2.54. The van der Waals surface area contributed by atoms with Crippen molar-refractivity contribution in [2.45, 2.75) is 38.1 Å². The Kier molecular flexibility index (Phi) is 6.31. The molecule has 1 amide bonds. The van der Waals surface area contributed by atoms with Crippen LogP contribution in [0.2, 0.25) is 5.02 Å². The molecule has 0 radical (unpaired) electrons. The van der Waals surface area contributed by atoms with E-state index in [1.54, 1.807) is 0 Å². The van der Waals surface area contributed by atoms with E-state index in [2.05, 4.69) is 10.6 Å². The second-order valence-corrected chi connectivity index (χ2v) is 6.09. The standard InChI is InChI=1S/C15H21ClN2O.ClH/c1-15(2,11-5-3-6-12(16)9-11)14(19)18-13-7-4-8-17-10-13;/h3,5-6,9,13,17H,4,7-8,10H2,1-2H3,(H,18,19);1H. The number of amides is 1. The van der Waals surface area contributed by atoms with Crippen LogP contribution in [0.5, 0.6) is 0 Å². The number of hydrogen-bond acceptors (Lipinski definition) is 2. The van der Waals surface area contributed by atoms with Crippen LogP contribution in [0, 0.1) is 0 Å². The average Bonchev–Trinajstić information content (AvgIpc) is 2.40. The molecule has 1 heterocycles. The summed E-state index contributed by atoms with van der Waals surface area (Å²) >= 11 is 6.01. The van der Waals surface area contributed by atoms with Gasteiger partial charge in [-0.25, -0.2) is 0 Å². The number of piperidine rings is 1. The monoisotopic (exact) mass is 316 g/mol. The zero-order valence-electron chi connectivity index (χ0n) is 11.9. The van der Waals surface area contributed by atoms with Crippen LogP contribution in [0.1, 0.15) is 32.3 Å². The topological polar surface area (TPSA) is 41.1 Å². The largest absolute Gasteiger partial charge is 0.351 e. The van der Waals surface area contributed by atoms with Gasteiger partial charge in [-0.1, -0.05) is 23.7 Å². The van der Waals surface area contributed by atoms with E-state index >= 15 is 0 Å². The second kappa shape index (κ2) is 7.30. The third-order valence-electron chi connectivity index (χ3n) is 3.75. The molecule has 1 saturated heterocycles. The SMILES string of the molecule is CC(C)(C(=O)NC1CCCNC1)c1cccc(Cl)c1.Cl. The first kappa shape index (κ1) is 17.3. The lowest BCUT2D eigenvalue weighted by molar-refractivity contribution is -0.126. The van der Waals surface area contributed by atoms with Crippen LogP contribution in [0.4, 0.5) is 0 Å². The minimum Gasteiger partial charge on any atom is -0.351 e. The van der Waals surface area contributed by atoms with E-state index in [9.17, 15) is 4.79 Å². The zero-order valence-corrected chi connectivity index (χ0v) is 13.5. The molecule has 1 aliphatic rings. The summed E-state index contributed by atoms with van der Waals surface area (Å²) < 4.78 is 0. The van der Waals surface area contributed by atoms with Crippen molar-refractivity contribution in [3.05, 3.63) is 34.9 Å². The fraction of sp³-hybridized carbons (Fsp3) is 0.533. The summed E-state index contributed by atoms with van der Waals surface area (Å²) in [5.74, 6) is 0.0588. The summed E-state index contributed by atoms with van der Waals surface area (Å²) in [5, 5.41) is 7.10. The molecule has 1 fully saturated rings. The molecule has 1 unspecified atom stereocenters. The predicted octanol–water partition coefficient (Wildman–Crippen LogP) is 2.91. The highest BCUT2D eigenvalue weighted by atomic mass is 35.5. The highest BCUT2D eigenvalue weighted by Crippen LogP contribution is 2.26. The van der Waals surface area contributed by atoms with Gasteiger partial charge in [-0.05, 0) is 50.9 Å². The van der Waals surface area contributed by atoms with E-state index in [0.717, 1.165) is 31.5 Å². The lowest BCUT2D eigenvalue weighted by Gasteiger charge is -2.30. The average molecular weight is 317 g/mol. The summed E-state index contributed by atoms with van der Waals surface area (Å²) in [6.07, 6.45) is 2.16. The number of carbonyl (C=O) groups excluding carboxylic acids is 1. The van der Waals surface area contributed by atoms with Crippen LogP contribution in [0.3, 0.4) is 0 Å². The van der Waals surface area contributed by atoms with Crippen LogP contribution < -0.4 is 10.6 Å². The molecule has 112 valence electrons. The van der Waals surface area contributed by atoms with Gasteiger partial charge in [0.1, 0.15) is 0 Å². The maximum atomic E-state index is 12.5. The number of carbonyl (C=O) groups is 1. The van der Waals surface area contributed by atoms with Crippen molar-refractivity contribution in [1.29, 1.82) is 0 Å². The van der Waals surface area contributed by atoms with Crippen molar-refractivity contribution >= 4 is 29.9 Å². The van der Waals surface area contributed by atoms with Gasteiger partial charge in [-0.3, -0.25) is 4.79 Å². The maximum absolute atomic E-state index is 12.5. The van der Waals surface area contributed by atoms with E-state index in [4.69, 9.17) is 11.6 Å². The summed E-state index contributed by atoms with van der Waals surface area (Å²) in [7, 11) is 0. The summed E-state index contributed by atoms with van der Waals surface area (Å²) in [6.45, 7) is 5.77. The second-order valence-electron chi connectivity index (χ2n) is 5.65. The molecule has 0 saturated carbocycles. The molecule has 1 aromatic rings. The van der Waals surface area contributed by atoms with Crippen molar-refractivity contribution in [3.63, 3.8) is 0 Å². The van der Waals surface area contributed by atoms with Gasteiger partial charge in [0.05, 0.1) is 5.41 Å². The van der Waals surface area contributed by atoms with Crippen LogP contribution in [-0.2, 0) is 10.2 Å². The number of halogens is 2. The maximum Gasteiger partial charge on any atom is 0.230 e. The van der Waals surface area contributed by atoms with Crippen LogP contribution in [0.15, 0.2) is 24.3 Å². The van der Waals surface area contributed by atoms with Crippen LogP contribution in [-0.4, -0.2) is 25.0 Å². The van der Waals surface area contributed by atoms with Crippen molar-refractivity contribution < 1.29 is 4.79 Å². The first-order chi connectivity index (χ1) is 9.00. The Hall–Kier alpha value is -0.770. The number of benzene rings is 1. The summed E-state index contributed by atoms with van der Waals surface area (Å²) in [6, 6.07) is 7.75. The van der Waals surface area contributed by atoms with Crippen molar-refractivity contribution in [1.82, 2.24) is 10.6 Å². The molecule has 2 rings (SSSR count). The Balaban J connectivity index is 0.00000200. The Morgan fingerprint density at radius 1 is 1.45 bits per heavy atom. The summed E-state index contributed by atoms with van der Waals surface area (Å²) in [4.78, 5) is 12.5. The molecule has 2 N–H and O–H groups in total. The van der Waals surface area contributed by atoms with Crippen LogP contribution >= 0.6 is 24.0 Å². The van der Waals surface area contributed by atoms with E-state index in [1.165, 1.54) is 0 Å². The quantitative estimate of drug-likeness (QED) is 0.900. The van der Waals surface area contributed by atoms with Gasteiger partial charge in [-0.15, -0.1) is 12.4 Å². The predicted molar refractivity (Wildman–Crippen MR) is 85.8 cm³/mol. The molecule has 20 heavy (non-hydrogen) atoms. The smallest absolute Gasteiger partial charge is 0.230 e. The van der Waals surface area contributed by atoms with E-state index in [0.29, 0.717) is 5.02 Å². The van der Waals surface area contributed by atoms with Gasteiger partial charge in [-0.2, -0.15) is 0 Å². The molecule has 5 heteroatoms. The van der Waals surface area contributed by atoms with Gasteiger partial charge in [0, 0.05) is 17.6 Å². The number of rotatable bonds is 3. The van der Waals surface area contributed by atoms with Crippen molar-refractivity contribution in [2.24, 2.45) is 0 Å². The number of hydrogen-bond donors (Lipinski definition) is 2. The molecule has 3 nitrogen and oxygen atoms in total. The van der Waals surface area contributed by atoms with E-state index < -0.39 is 5.41 Å². The molecule has 0 aliphatic carbocycles. The van der Waals surface area contributed by atoms with Crippen molar-refractivity contribution in [2.75, 3.05) is 13.1 Å². The fourth-order valence-electron chi connectivity index (χ4n) is 2.35. The normalized spacial score (nSPS) is 19.1. The molecule has 0 bridgehead atoms.